The Kier molecular flexibility index (Phi) is 3.01. The maximum Gasteiger partial charge on any atom is 0.154 e. The van der Waals surface area contributed by atoms with Crippen molar-refractivity contribution in [2.45, 2.75) is 18.6 Å². The lowest BCUT2D eigenvalue weighted by Crippen LogP contribution is -2.40. The second-order valence-corrected chi connectivity index (χ2v) is 7.30. The second kappa shape index (κ2) is 4.26. The minimum atomic E-state index is -0.245. The van der Waals surface area contributed by atoms with Gasteiger partial charge in [0.05, 0.1) is 12.7 Å². The van der Waals surface area contributed by atoms with Gasteiger partial charge in [-0.1, -0.05) is 11.8 Å². The maximum atomic E-state index is 5.92. The summed E-state index contributed by atoms with van der Waals surface area (Å²) in [6.45, 7) is 2.78. The molecule has 0 bridgehead atoms. The molecule has 1 saturated heterocycles. The number of ether oxygens (including phenoxy) is 1. The molecule has 3 atom stereocenters. The van der Waals surface area contributed by atoms with Crippen molar-refractivity contribution in [2.24, 2.45) is 16.6 Å². The number of hydrogen-bond acceptors (Lipinski definition) is 5. The van der Waals surface area contributed by atoms with E-state index in [4.69, 9.17) is 15.5 Å². The molecule has 6 heteroatoms. The standard InChI is InChI=1S/C11H13BrN2OS2/c1-6-8-4-17-10(13)14-11(8,5-15-6)9-2-7(12)3-16-9/h2-3,6,8H,4-5H2,1H3,(H2,13,14)/t6-,8+,11+/m0/s1. The van der Waals surface area contributed by atoms with Gasteiger partial charge in [0.15, 0.2) is 5.17 Å². The summed E-state index contributed by atoms with van der Waals surface area (Å²) in [6, 6.07) is 2.14. The lowest BCUT2D eigenvalue weighted by Gasteiger charge is -2.33. The van der Waals surface area contributed by atoms with E-state index in [2.05, 4.69) is 34.3 Å². The highest BCUT2D eigenvalue weighted by atomic mass is 79.9. The summed E-state index contributed by atoms with van der Waals surface area (Å²) in [6.07, 6.45) is 0.250. The third-order valence-electron chi connectivity index (χ3n) is 3.46. The predicted molar refractivity (Wildman–Crippen MR) is 76.7 cm³/mol. The number of thioether (sulfide) groups is 1. The van der Waals surface area contributed by atoms with Crippen molar-refractivity contribution < 1.29 is 4.74 Å². The molecular weight excluding hydrogens is 320 g/mol. The molecule has 1 fully saturated rings. The zero-order valence-corrected chi connectivity index (χ0v) is 12.6. The number of amidine groups is 1. The summed E-state index contributed by atoms with van der Waals surface area (Å²) < 4.78 is 6.94. The Hall–Kier alpha value is -0.0400. The van der Waals surface area contributed by atoms with E-state index < -0.39 is 0 Å². The molecule has 3 nitrogen and oxygen atoms in total. The largest absolute Gasteiger partial charge is 0.379 e. The topological polar surface area (TPSA) is 47.6 Å². The number of nitrogens with two attached hydrogens (primary N) is 1. The first kappa shape index (κ1) is 12.0. The second-order valence-electron chi connectivity index (χ2n) is 4.44. The summed E-state index contributed by atoms with van der Waals surface area (Å²) in [4.78, 5) is 5.98. The van der Waals surface area contributed by atoms with E-state index in [1.54, 1.807) is 23.1 Å². The molecule has 2 aliphatic heterocycles. The number of hydrogen-bond donors (Lipinski definition) is 1. The molecule has 0 saturated carbocycles. The maximum absolute atomic E-state index is 5.92. The van der Waals surface area contributed by atoms with Crippen LogP contribution < -0.4 is 5.73 Å². The van der Waals surface area contributed by atoms with Crippen LogP contribution in [-0.4, -0.2) is 23.6 Å². The van der Waals surface area contributed by atoms with Crippen molar-refractivity contribution in [3.05, 3.63) is 20.8 Å². The van der Waals surface area contributed by atoms with E-state index in [0.717, 1.165) is 10.2 Å². The van der Waals surface area contributed by atoms with Crippen molar-refractivity contribution in [3.8, 4) is 0 Å². The molecule has 2 N–H and O–H groups in total. The van der Waals surface area contributed by atoms with Gasteiger partial charge >= 0.3 is 0 Å². The van der Waals surface area contributed by atoms with Crippen molar-refractivity contribution in [3.63, 3.8) is 0 Å². The number of rotatable bonds is 1. The van der Waals surface area contributed by atoms with Gasteiger partial charge in [-0.3, -0.25) is 0 Å². The third kappa shape index (κ3) is 1.85. The molecule has 1 aromatic heterocycles. The molecule has 92 valence electrons. The molecule has 2 aliphatic rings. The molecule has 0 aliphatic carbocycles. The highest BCUT2D eigenvalue weighted by Gasteiger charge is 2.52. The van der Waals surface area contributed by atoms with E-state index in [1.807, 2.05) is 0 Å². The average Bonchev–Trinajstić information content (AvgIpc) is 2.85. The van der Waals surface area contributed by atoms with Gasteiger partial charge < -0.3 is 10.5 Å². The molecular formula is C11H13BrN2OS2. The number of nitrogens with zero attached hydrogens (tertiary/aromatic N) is 1. The number of thiophene rings is 1. The van der Waals surface area contributed by atoms with E-state index in [0.29, 0.717) is 17.7 Å². The van der Waals surface area contributed by atoms with Crippen LogP contribution in [0.15, 0.2) is 20.9 Å². The van der Waals surface area contributed by atoms with Gasteiger partial charge in [-0.25, -0.2) is 4.99 Å². The molecule has 0 aromatic carbocycles. The van der Waals surface area contributed by atoms with Gasteiger partial charge in [0.25, 0.3) is 0 Å². The SMILES string of the molecule is C[C@@H]1OC[C@@]2(c3cc(Br)cs3)N=C(N)SC[C@H]12. The Morgan fingerprint density at radius 3 is 3.18 bits per heavy atom. The molecule has 1 aromatic rings. The van der Waals surface area contributed by atoms with Crippen LogP contribution in [0.2, 0.25) is 0 Å². The average molecular weight is 333 g/mol. The fourth-order valence-electron chi connectivity index (χ4n) is 2.51. The molecule has 0 amide bonds. The first-order chi connectivity index (χ1) is 8.12. The van der Waals surface area contributed by atoms with E-state index in [9.17, 15) is 0 Å². The Bertz CT molecular complexity index is 476. The summed E-state index contributed by atoms with van der Waals surface area (Å²) in [5, 5.41) is 2.78. The van der Waals surface area contributed by atoms with E-state index in [1.165, 1.54) is 4.88 Å². The van der Waals surface area contributed by atoms with Crippen molar-refractivity contribution in [1.82, 2.24) is 0 Å². The van der Waals surface area contributed by atoms with Crippen molar-refractivity contribution in [1.29, 1.82) is 0 Å². The molecule has 3 rings (SSSR count). The van der Waals surface area contributed by atoms with Crippen LogP contribution in [0.4, 0.5) is 0 Å². The first-order valence-electron chi connectivity index (χ1n) is 5.46. The van der Waals surface area contributed by atoms with E-state index >= 15 is 0 Å². The Balaban J connectivity index is 2.10. The highest BCUT2D eigenvalue weighted by Crippen LogP contribution is 2.49. The Morgan fingerprint density at radius 1 is 1.65 bits per heavy atom. The number of aliphatic imine (C=N–C) groups is 1. The first-order valence-corrected chi connectivity index (χ1v) is 8.12. The van der Waals surface area contributed by atoms with Gasteiger partial charge in [0, 0.05) is 26.4 Å². The number of fused-ring (bicyclic) bond motifs is 1. The predicted octanol–water partition coefficient (Wildman–Crippen LogP) is 2.80. The van der Waals surface area contributed by atoms with Gasteiger partial charge in [-0.05, 0) is 28.9 Å². The van der Waals surface area contributed by atoms with Crippen LogP contribution in [0.25, 0.3) is 0 Å². The van der Waals surface area contributed by atoms with Crippen molar-refractivity contribution >= 4 is 44.2 Å². The Labute approximate surface area is 117 Å². The van der Waals surface area contributed by atoms with Crippen LogP contribution in [0.5, 0.6) is 0 Å². The molecule has 0 radical (unpaired) electrons. The lowest BCUT2D eigenvalue weighted by atomic mass is 9.84. The lowest BCUT2D eigenvalue weighted by molar-refractivity contribution is 0.108. The van der Waals surface area contributed by atoms with Gasteiger partial charge in [0.1, 0.15) is 5.54 Å². The van der Waals surface area contributed by atoms with Gasteiger partial charge in [0.2, 0.25) is 0 Å². The fourth-order valence-corrected chi connectivity index (χ4v) is 5.26. The third-order valence-corrected chi connectivity index (χ3v) is 6.23. The van der Waals surface area contributed by atoms with Gasteiger partial charge in [-0.15, -0.1) is 11.3 Å². The summed E-state index contributed by atoms with van der Waals surface area (Å²) in [7, 11) is 0. The minimum Gasteiger partial charge on any atom is -0.379 e. The monoisotopic (exact) mass is 332 g/mol. The fraction of sp³-hybridized carbons (Fsp3) is 0.545. The van der Waals surface area contributed by atoms with Crippen LogP contribution in [0.3, 0.4) is 0 Å². The summed E-state index contributed by atoms with van der Waals surface area (Å²) in [5.74, 6) is 1.41. The molecule has 17 heavy (non-hydrogen) atoms. The highest BCUT2D eigenvalue weighted by molar-refractivity contribution is 9.10. The minimum absolute atomic E-state index is 0.245. The normalized spacial score (nSPS) is 36.7. The zero-order valence-electron chi connectivity index (χ0n) is 9.35. The number of halogens is 1. The quantitative estimate of drug-likeness (QED) is 0.860. The van der Waals surface area contributed by atoms with E-state index in [-0.39, 0.29) is 11.6 Å². The zero-order chi connectivity index (χ0) is 12.0. The summed E-state index contributed by atoms with van der Waals surface area (Å²) in [5.41, 5.74) is 5.67. The smallest absolute Gasteiger partial charge is 0.154 e. The van der Waals surface area contributed by atoms with Crippen LogP contribution >= 0.6 is 39.0 Å². The summed E-state index contributed by atoms with van der Waals surface area (Å²) >= 11 is 6.87. The van der Waals surface area contributed by atoms with Crippen molar-refractivity contribution in [2.75, 3.05) is 12.4 Å². The van der Waals surface area contributed by atoms with Crippen LogP contribution in [0, 0.1) is 5.92 Å². The molecule has 0 unspecified atom stereocenters. The molecule has 0 spiro atoms. The molecule has 3 heterocycles. The Morgan fingerprint density at radius 2 is 2.47 bits per heavy atom. The van der Waals surface area contributed by atoms with Gasteiger partial charge in [-0.2, -0.15) is 0 Å². The van der Waals surface area contributed by atoms with Crippen LogP contribution in [0.1, 0.15) is 11.8 Å². The van der Waals surface area contributed by atoms with Crippen LogP contribution in [-0.2, 0) is 10.3 Å².